The van der Waals surface area contributed by atoms with E-state index < -0.39 is 36.2 Å². The number of nitrogens with zero attached hydrogens (tertiary/aromatic N) is 1. The van der Waals surface area contributed by atoms with E-state index >= 15 is 0 Å². The molecular formula is C18H31N3O6. The fourth-order valence-corrected chi connectivity index (χ4v) is 2.40. The van der Waals surface area contributed by atoms with Gasteiger partial charge < -0.3 is 19.7 Å². The van der Waals surface area contributed by atoms with Crippen LogP contribution in [0, 0.1) is 5.92 Å². The zero-order chi connectivity index (χ0) is 20.6. The van der Waals surface area contributed by atoms with Gasteiger partial charge in [0, 0.05) is 19.1 Å². The molecule has 0 aromatic heterocycles. The minimum atomic E-state index is -0.685. The maximum atomic E-state index is 12.1. The van der Waals surface area contributed by atoms with Crippen LogP contribution >= 0.6 is 0 Å². The lowest BCUT2D eigenvalue weighted by atomic mass is 9.97. The zero-order valence-electron chi connectivity index (χ0n) is 16.8. The maximum Gasteiger partial charge on any atom is 0.410 e. The molecule has 2 N–H and O–H groups in total. The number of piperidine rings is 1. The normalized spacial score (nSPS) is 16.3. The third kappa shape index (κ3) is 8.74. The Morgan fingerprint density at radius 3 is 2.26 bits per heavy atom. The molecular weight excluding hydrogens is 354 g/mol. The SMILES string of the molecule is CC[C@@H](C)NC(=O)NC(=O)COC(=O)C1CCN(C(=O)OC(C)(C)C)CC1. The summed E-state index contributed by atoms with van der Waals surface area (Å²) in [5, 5.41) is 4.69. The van der Waals surface area contributed by atoms with E-state index in [0.717, 1.165) is 6.42 Å². The molecule has 154 valence electrons. The van der Waals surface area contributed by atoms with Crippen LogP contribution in [0.15, 0.2) is 0 Å². The molecule has 1 fully saturated rings. The molecule has 9 heteroatoms. The number of amides is 4. The highest BCUT2D eigenvalue weighted by atomic mass is 16.6. The number of urea groups is 1. The van der Waals surface area contributed by atoms with Gasteiger partial charge in [0.25, 0.3) is 5.91 Å². The number of hydrogen-bond acceptors (Lipinski definition) is 6. The van der Waals surface area contributed by atoms with Crippen LogP contribution < -0.4 is 10.6 Å². The number of likely N-dealkylation sites (tertiary alicyclic amines) is 1. The summed E-state index contributed by atoms with van der Waals surface area (Å²) >= 11 is 0. The van der Waals surface area contributed by atoms with Gasteiger partial charge in [0.1, 0.15) is 5.60 Å². The molecule has 1 atom stereocenters. The van der Waals surface area contributed by atoms with E-state index in [9.17, 15) is 19.2 Å². The van der Waals surface area contributed by atoms with Gasteiger partial charge in [-0.1, -0.05) is 6.92 Å². The van der Waals surface area contributed by atoms with E-state index in [0.29, 0.717) is 25.9 Å². The lowest BCUT2D eigenvalue weighted by Gasteiger charge is -2.32. The average molecular weight is 385 g/mol. The summed E-state index contributed by atoms with van der Waals surface area (Å²) in [5.41, 5.74) is -0.568. The van der Waals surface area contributed by atoms with Crippen LogP contribution in [0.5, 0.6) is 0 Å². The van der Waals surface area contributed by atoms with Gasteiger partial charge in [-0.3, -0.25) is 14.9 Å². The molecule has 1 saturated heterocycles. The summed E-state index contributed by atoms with van der Waals surface area (Å²) in [6.45, 7) is 9.36. The quantitative estimate of drug-likeness (QED) is 0.698. The molecule has 0 radical (unpaired) electrons. The molecule has 27 heavy (non-hydrogen) atoms. The molecule has 0 aliphatic carbocycles. The molecule has 9 nitrogen and oxygen atoms in total. The summed E-state index contributed by atoms with van der Waals surface area (Å²) in [6.07, 6.45) is 1.21. The molecule has 0 aromatic rings. The highest BCUT2D eigenvalue weighted by Gasteiger charge is 2.31. The Bertz CT molecular complexity index is 550. The summed E-state index contributed by atoms with van der Waals surface area (Å²) in [7, 11) is 0. The first-order chi connectivity index (χ1) is 12.5. The van der Waals surface area contributed by atoms with Crippen molar-refractivity contribution in [1.29, 1.82) is 0 Å². The van der Waals surface area contributed by atoms with E-state index in [1.165, 1.54) is 0 Å². The molecule has 0 saturated carbocycles. The molecule has 1 rings (SSSR count). The van der Waals surface area contributed by atoms with Crippen LogP contribution in [0.4, 0.5) is 9.59 Å². The predicted molar refractivity (Wildman–Crippen MR) is 97.9 cm³/mol. The van der Waals surface area contributed by atoms with Gasteiger partial charge in [0.15, 0.2) is 6.61 Å². The van der Waals surface area contributed by atoms with Crippen molar-refractivity contribution >= 4 is 24.0 Å². The van der Waals surface area contributed by atoms with Gasteiger partial charge in [0.05, 0.1) is 5.92 Å². The number of nitrogens with one attached hydrogen (secondary N) is 2. The lowest BCUT2D eigenvalue weighted by Crippen LogP contribution is -2.45. The Hall–Kier alpha value is -2.32. The monoisotopic (exact) mass is 385 g/mol. The molecule has 4 amide bonds. The first-order valence-corrected chi connectivity index (χ1v) is 9.26. The Morgan fingerprint density at radius 2 is 1.74 bits per heavy atom. The number of carbonyl (C=O) groups is 4. The van der Waals surface area contributed by atoms with Gasteiger partial charge in [-0.25, -0.2) is 9.59 Å². The maximum absolute atomic E-state index is 12.1. The van der Waals surface area contributed by atoms with Crippen molar-refractivity contribution in [3.8, 4) is 0 Å². The largest absolute Gasteiger partial charge is 0.455 e. The van der Waals surface area contributed by atoms with Crippen molar-refractivity contribution in [3.63, 3.8) is 0 Å². The summed E-state index contributed by atoms with van der Waals surface area (Å²) in [5.74, 6) is -1.57. The van der Waals surface area contributed by atoms with Crippen molar-refractivity contribution in [2.24, 2.45) is 5.92 Å². The van der Waals surface area contributed by atoms with Gasteiger partial charge in [-0.05, 0) is 47.0 Å². The van der Waals surface area contributed by atoms with E-state index in [4.69, 9.17) is 9.47 Å². The molecule has 1 heterocycles. The van der Waals surface area contributed by atoms with Crippen LogP contribution in [0.1, 0.15) is 53.9 Å². The molecule has 0 aromatic carbocycles. The molecule has 1 aliphatic heterocycles. The van der Waals surface area contributed by atoms with E-state index in [1.54, 1.807) is 25.7 Å². The highest BCUT2D eigenvalue weighted by Crippen LogP contribution is 2.20. The summed E-state index contributed by atoms with van der Waals surface area (Å²) < 4.78 is 10.3. The lowest BCUT2D eigenvalue weighted by molar-refractivity contribution is -0.153. The molecule has 0 unspecified atom stereocenters. The van der Waals surface area contributed by atoms with Crippen LogP contribution in [-0.2, 0) is 19.1 Å². The van der Waals surface area contributed by atoms with E-state index in [-0.39, 0.29) is 12.0 Å². The second kappa shape index (κ2) is 10.1. The Labute approximate surface area is 160 Å². The minimum Gasteiger partial charge on any atom is -0.455 e. The number of esters is 1. The highest BCUT2D eigenvalue weighted by molar-refractivity contribution is 5.95. The minimum absolute atomic E-state index is 0.0597. The Kier molecular flexibility index (Phi) is 8.52. The fraction of sp³-hybridized carbons (Fsp3) is 0.778. The molecule has 1 aliphatic rings. The van der Waals surface area contributed by atoms with Crippen molar-refractivity contribution in [3.05, 3.63) is 0 Å². The number of imide groups is 1. The van der Waals surface area contributed by atoms with Gasteiger partial charge in [0.2, 0.25) is 0 Å². The summed E-state index contributed by atoms with van der Waals surface area (Å²) in [4.78, 5) is 48.8. The predicted octanol–water partition coefficient (Wildman–Crippen LogP) is 1.80. The van der Waals surface area contributed by atoms with E-state index in [2.05, 4.69) is 10.6 Å². The first kappa shape index (κ1) is 22.7. The second-order valence-electron chi connectivity index (χ2n) is 7.68. The summed E-state index contributed by atoms with van der Waals surface area (Å²) in [6, 6.07) is -0.674. The van der Waals surface area contributed by atoms with Crippen molar-refractivity contribution < 1.29 is 28.7 Å². The van der Waals surface area contributed by atoms with Gasteiger partial charge in [-0.2, -0.15) is 0 Å². The van der Waals surface area contributed by atoms with Crippen LogP contribution in [0.25, 0.3) is 0 Å². The van der Waals surface area contributed by atoms with Gasteiger partial charge >= 0.3 is 18.1 Å². The zero-order valence-corrected chi connectivity index (χ0v) is 16.8. The van der Waals surface area contributed by atoms with Crippen LogP contribution in [0.2, 0.25) is 0 Å². The Morgan fingerprint density at radius 1 is 1.15 bits per heavy atom. The fourth-order valence-electron chi connectivity index (χ4n) is 2.40. The average Bonchev–Trinajstić information content (AvgIpc) is 2.58. The second-order valence-corrected chi connectivity index (χ2v) is 7.68. The Balaban J connectivity index is 2.32. The third-order valence-corrected chi connectivity index (χ3v) is 4.07. The van der Waals surface area contributed by atoms with Gasteiger partial charge in [-0.15, -0.1) is 0 Å². The van der Waals surface area contributed by atoms with Crippen molar-refractivity contribution in [1.82, 2.24) is 15.5 Å². The van der Waals surface area contributed by atoms with Crippen molar-refractivity contribution in [2.75, 3.05) is 19.7 Å². The van der Waals surface area contributed by atoms with Crippen LogP contribution in [0.3, 0.4) is 0 Å². The number of carbonyl (C=O) groups excluding carboxylic acids is 4. The third-order valence-electron chi connectivity index (χ3n) is 4.07. The van der Waals surface area contributed by atoms with Crippen molar-refractivity contribution in [2.45, 2.75) is 65.5 Å². The van der Waals surface area contributed by atoms with Crippen LogP contribution in [-0.4, -0.2) is 60.2 Å². The number of hydrogen-bond donors (Lipinski definition) is 2. The molecule has 0 bridgehead atoms. The topological polar surface area (TPSA) is 114 Å². The van der Waals surface area contributed by atoms with E-state index in [1.807, 2.05) is 13.8 Å². The smallest absolute Gasteiger partial charge is 0.410 e. The number of ether oxygens (including phenoxy) is 2. The number of rotatable bonds is 5. The standard InChI is InChI=1S/C18H31N3O6/c1-6-12(2)19-16(24)20-14(22)11-26-15(23)13-7-9-21(10-8-13)17(25)27-18(3,4)5/h12-13H,6-11H2,1-5H3,(H2,19,20,22,24)/t12-/m1/s1. The molecule has 0 spiro atoms. The first-order valence-electron chi connectivity index (χ1n) is 9.26.